The minimum atomic E-state index is 0.513. The maximum absolute atomic E-state index is 5.64. The van der Waals surface area contributed by atoms with Crippen molar-refractivity contribution in [2.75, 3.05) is 12.9 Å². The van der Waals surface area contributed by atoms with Crippen molar-refractivity contribution >= 4 is 11.8 Å². The Morgan fingerprint density at radius 2 is 2.11 bits per heavy atom. The van der Waals surface area contributed by atoms with Crippen LogP contribution in [0.15, 0.2) is 28.7 Å². The lowest BCUT2D eigenvalue weighted by Crippen LogP contribution is -1.87. The van der Waals surface area contributed by atoms with Gasteiger partial charge in [0.05, 0.1) is 18.4 Å². The number of ether oxygens (including phenoxy) is 1. The van der Waals surface area contributed by atoms with Crippen LogP contribution in [-0.2, 0) is 5.75 Å². The molecule has 0 N–H and O–H groups in total. The molecule has 5 heteroatoms. The van der Waals surface area contributed by atoms with Crippen molar-refractivity contribution in [3.8, 4) is 17.2 Å². The first-order valence-corrected chi connectivity index (χ1v) is 7.04. The molecule has 18 heavy (non-hydrogen) atoms. The van der Waals surface area contributed by atoms with Gasteiger partial charge in [-0.05, 0) is 24.3 Å². The number of hydrogen-bond donors (Lipinski definition) is 0. The van der Waals surface area contributed by atoms with Crippen LogP contribution in [0.5, 0.6) is 5.75 Å². The maximum atomic E-state index is 5.64. The van der Waals surface area contributed by atoms with Crippen molar-refractivity contribution in [3.63, 3.8) is 0 Å². The normalized spacial score (nSPS) is 10.6. The van der Waals surface area contributed by atoms with Crippen LogP contribution in [0.2, 0.25) is 0 Å². The van der Waals surface area contributed by atoms with Gasteiger partial charge in [0.1, 0.15) is 5.75 Å². The Balaban J connectivity index is 2.13. The zero-order valence-corrected chi connectivity index (χ0v) is 11.4. The van der Waals surface area contributed by atoms with Gasteiger partial charge in [0.15, 0.2) is 0 Å². The Morgan fingerprint density at radius 3 is 2.89 bits per heavy atom. The molecule has 4 nitrogen and oxygen atoms in total. The number of rotatable bonds is 6. The summed E-state index contributed by atoms with van der Waals surface area (Å²) in [5.74, 6) is 3.78. The highest BCUT2D eigenvalue weighted by molar-refractivity contribution is 7.98. The molecule has 0 unspecified atom stereocenters. The van der Waals surface area contributed by atoms with E-state index in [0.29, 0.717) is 11.8 Å². The van der Waals surface area contributed by atoms with Crippen molar-refractivity contribution in [1.29, 1.82) is 0 Å². The highest BCUT2D eigenvalue weighted by Gasteiger charge is 2.12. The number of methoxy groups -OCH3 is 1. The number of para-hydroxylation sites is 1. The summed E-state index contributed by atoms with van der Waals surface area (Å²) in [6.45, 7) is 2.15. The molecule has 2 rings (SSSR count). The van der Waals surface area contributed by atoms with E-state index in [1.54, 1.807) is 18.9 Å². The average molecular weight is 264 g/mol. The number of thioether (sulfide) groups is 1. The first kappa shape index (κ1) is 13.0. The first-order chi connectivity index (χ1) is 8.85. The van der Waals surface area contributed by atoms with E-state index in [1.165, 1.54) is 0 Å². The van der Waals surface area contributed by atoms with Gasteiger partial charge < -0.3 is 9.15 Å². The van der Waals surface area contributed by atoms with Gasteiger partial charge in [0.2, 0.25) is 5.89 Å². The maximum Gasteiger partial charge on any atom is 0.251 e. The molecule has 0 amide bonds. The Morgan fingerprint density at radius 1 is 1.28 bits per heavy atom. The molecular formula is C13H16N2O2S. The fraction of sp³-hybridized carbons (Fsp3) is 0.385. The van der Waals surface area contributed by atoms with Gasteiger partial charge in [-0.1, -0.05) is 19.1 Å². The molecule has 0 atom stereocenters. The predicted molar refractivity (Wildman–Crippen MR) is 72.7 cm³/mol. The Hall–Kier alpha value is -1.49. The zero-order chi connectivity index (χ0) is 12.8. The van der Waals surface area contributed by atoms with Crippen LogP contribution in [0.4, 0.5) is 0 Å². The lowest BCUT2D eigenvalue weighted by Gasteiger charge is -2.03. The summed E-state index contributed by atoms with van der Waals surface area (Å²) >= 11 is 1.80. The molecule has 1 aromatic heterocycles. The van der Waals surface area contributed by atoms with Crippen LogP contribution in [0.3, 0.4) is 0 Å². The van der Waals surface area contributed by atoms with Crippen molar-refractivity contribution in [2.24, 2.45) is 0 Å². The highest BCUT2D eigenvalue weighted by atomic mass is 32.2. The third-order valence-electron chi connectivity index (χ3n) is 2.38. The second-order valence-electron chi connectivity index (χ2n) is 3.75. The van der Waals surface area contributed by atoms with E-state index in [4.69, 9.17) is 9.15 Å². The summed E-state index contributed by atoms with van der Waals surface area (Å²) < 4.78 is 10.9. The van der Waals surface area contributed by atoms with Gasteiger partial charge in [-0.15, -0.1) is 10.2 Å². The quantitative estimate of drug-likeness (QED) is 0.748. The van der Waals surface area contributed by atoms with E-state index in [-0.39, 0.29) is 0 Å². The number of benzene rings is 1. The molecule has 0 aliphatic heterocycles. The molecule has 0 aliphatic carbocycles. The Kier molecular flexibility index (Phi) is 4.64. The molecule has 0 bridgehead atoms. The number of aromatic nitrogens is 2. The van der Waals surface area contributed by atoms with Crippen LogP contribution >= 0.6 is 11.8 Å². The van der Waals surface area contributed by atoms with E-state index < -0.39 is 0 Å². The van der Waals surface area contributed by atoms with Crippen molar-refractivity contribution in [1.82, 2.24) is 10.2 Å². The largest absolute Gasteiger partial charge is 0.496 e. The van der Waals surface area contributed by atoms with Gasteiger partial charge >= 0.3 is 0 Å². The minimum Gasteiger partial charge on any atom is -0.496 e. The van der Waals surface area contributed by atoms with Crippen LogP contribution in [0.25, 0.3) is 11.5 Å². The monoisotopic (exact) mass is 264 g/mol. The van der Waals surface area contributed by atoms with E-state index in [0.717, 1.165) is 29.2 Å². The molecule has 2 aromatic rings. The fourth-order valence-electron chi connectivity index (χ4n) is 1.55. The second kappa shape index (κ2) is 6.44. The second-order valence-corrected chi connectivity index (χ2v) is 4.86. The standard InChI is InChI=1S/C13H16N2O2S/c1-3-8-18-9-12-14-15-13(17-12)10-6-4-5-7-11(10)16-2/h4-7H,3,8-9H2,1-2H3. The summed E-state index contributed by atoms with van der Waals surface area (Å²) in [6.07, 6.45) is 1.15. The highest BCUT2D eigenvalue weighted by Crippen LogP contribution is 2.28. The van der Waals surface area contributed by atoms with Crippen LogP contribution < -0.4 is 4.74 Å². The lowest BCUT2D eigenvalue weighted by atomic mass is 10.2. The molecule has 0 saturated heterocycles. The zero-order valence-electron chi connectivity index (χ0n) is 10.5. The minimum absolute atomic E-state index is 0.513. The molecule has 1 heterocycles. The Labute approximate surface area is 111 Å². The molecule has 0 radical (unpaired) electrons. The average Bonchev–Trinajstić information content (AvgIpc) is 2.88. The van der Waals surface area contributed by atoms with Crippen molar-refractivity contribution in [3.05, 3.63) is 30.2 Å². The van der Waals surface area contributed by atoms with E-state index in [9.17, 15) is 0 Å². The van der Waals surface area contributed by atoms with Crippen LogP contribution in [-0.4, -0.2) is 23.1 Å². The summed E-state index contributed by atoms with van der Waals surface area (Å²) in [5.41, 5.74) is 0.833. The molecular weight excluding hydrogens is 248 g/mol. The summed E-state index contributed by atoms with van der Waals surface area (Å²) in [4.78, 5) is 0. The molecule has 0 fully saturated rings. The van der Waals surface area contributed by atoms with Gasteiger partial charge in [-0.3, -0.25) is 0 Å². The molecule has 96 valence electrons. The number of hydrogen-bond acceptors (Lipinski definition) is 5. The molecule has 0 saturated carbocycles. The molecule has 1 aromatic carbocycles. The van der Waals surface area contributed by atoms with Crippen LogP contribution in [0.1, 0.15) is 19.2 Å². The number of nitrogens with zero attached hydrogens (tertiary/aromatic N) is 2. The SMILES string of the molecule is CCCSCc1nnc(-c2ccccc2OC)o1. The molecule has 0 spiro atoms. The Bertz CT molecular complexity index is 499. The van der Waals surface area contributed by atoms with Crippen LogP contribution in [0, 0.1) is 0 Å². The first-order valence-electron chi connectivity index (χ1n) is 5.88. The predicted octanol–water partition coefficient (Wildman–Crippen LogP) is 3.39. The van der Waals surface area contributed by atoms with Gasteiger partial charge in [0, 0.05) is 0 Å². The summed E-state index contributed by atoms with van der Waals surface area (Å²) in [7, 11) is 1.63. The molecule has 0 aliphatic rings. The van der Waals surface area contributed by atoms with Gasteiger partial charge in [-0.2, -0.15) is 11.8 Å². The third kappa shape index (κ3) is 3.04. The summed E-state index contributed by atoms with van der Waals surface area (Å²) in [6, 6.07) is 7.63. The smallest absolute Gasteiger partial charge is 0.251 e. The van der Waals surface area contributed by atoms with Crippen molar-refractivity contribution in [2.45, 2.75) is 19.1 Å². The topological polar surface area (TPSA) is 48.2 Å². The fourth-order valence-corrected chi connectivity index (χ4v) is 2.27. The van der Waals surface area contributed by atoms with E-state index in [1.807, 2.05) is 24.3 Å². The van der Waals surface area contributed by atoms with Crippen molar-refractivity contribution < 1.29 is 9.15 Å². The lowest BCUT2D eigenvalue weighted by molar-refractivity contribution is 0.414. The van der Waals surface area contributed by atoms with E-state index in [2.05, 4.69) is 17.1 Å². The van der Waals surface area contributed by atoms with Gasteiger partial charge in [-0.25, -0.2) is 0 Å². The summed E-state index contributed by atoms with van der Waals surface area (Å²) in [5, 5.41) is 8.11. The van der Waals surface area contributed by atoms with E-state index >= 15 is 0 Å². The van der Waals surface area contributed by atoms with Gasteiger partial charge in [0.25, 0.3) is 5.89 Å². The third-order valence-corrected chi connectivity index (χ3v) is 3.53.